The fourth-order valence-corrected chi connectivity index (χ4v) is 4.42. The molecule has 8 nitrogen and oxygen atoms in total. The molecule has 0 bridgehead atoms. The molecule has 4 rings (SSSR count). The maximum Gasteiger partial charge on any atom is 0.407 e. The van der Waals surface area contributed by atoms with Gasteiger partial charge in [0.25, 0.3) is 0 Å². The molecular weight excluding hydrogens is 391 g/mol. The van der Waals surface area contributed by atoms with Crippen molar-refractivity contribution in [3.8, 4) is 11.1 Å². The van der Waals surface area contributed by atoms with E-state index in [-0.39, 0.29) is 29.3 Å². The van der Waals surface area contributed by atoms with E-state index in [1.54, 1.807) is 13.1 Å². The average molecular weight is 414 g/mol. The Labute approximate surface area is 173 Å². The highest BCUT2D eigenvalue weighted by molar-refractivity contribution is 5.97. The number of aldehydes is 1. The summed E-state index contributed by atoms with van der Waals surface area (Å²) >= 11 is 0. The number of benzene rings is 1. The van der Waals surface area contributed by atoms with Gasteiger partial charge in [0.05, 0.1) is 30.0 Å². The van der Waals surface area contributed by atoms with Crippen LogP contribution in [-0.2, 0) is 4.74 Å². The third kappa shape index (κ3) is 3.56. The molecule has 0 saturated carbocycles. The molecule has 1 aromatic heterocycles. The van der Waals surface area contributed by atoms with E-state index < -0.39 is 6.09 Å². The first-order chi connectivity index (χ1) is 14.4. The summed E-state index contributed by atoms with van der Waals surface area (Å²) in [6.07, 6.45) is 1.45. The molecule has 2 aliphatic rings. The molecule has 2 aromatic rings. The minimum atomic E-state index is -0.959. The first kappa shape index (κ1) is 20.1. The maximum atomic E-state index is 14.1. The van der Waals surface area contributed by atoms with Gasteiger partial charge in [0.2, 0.25) is 0 Å². The number of hydrogen-bond acceptors (Lipinski definition) is 6. The molecule has 0 aliphatic carbocycles. The molecule has 9 heteroatoms. The van der Waals surface area contributed by atoms with Crippen LogP contribution < -0.4 is 10.6 Å². The minimum Gasteiger partial charge on any atom is -0.465 e. The van der Waals surface area contributed by atoms with Crippen molar-refractivity contribution in [2.24, 2.45) is 0 Å². The Hall–Kier alpha value is -3.20. The van der Waals surface area contributed by atoms with Crippen LogP contribution in [0.4, 0.5) is 20.7 Å². The molecule has 30 heavy (non-hydrogen) atoms. The summed E-state index contributed by atoms with van der Waals surface area (Å²) in [5.74, 6) is -0.289. The van der Waals surface area contributed by atoms with Gasteiger partial charge < -0.3 is 25.4 Å². The SMILES string of the molecule is Cc1cc(F)cc(-c2cnc(N)c(C=O)c2N2CC[C@H]3[C@H](C2)OCCN3C(=O)O)c1. The molecule has 2 atom stereocenters. The molecule has 3 N–H and O–H groups in total. The number of carboxylic acid groups (broad SMARTS) is 1. The van der Waals surface area contributed by atoms with Crippen LogP contribution in [0.5, 0.6) is 0 Å². The largest absolute Gasteiger partial charge is 0.465 e. The second kappa shape index (κ2) is 7.91. The quantitative estimate of drug-likeness (QED) is 0.743. The molecule has 1 aromatic carbocycles. The highest BCUT2D eigenvalue weighted by atomic mass is 19.1. The van der Waals surface area contributed by atoms with Gasteiger partial charge in [0.1, 0.15) is 11.6 Å². The Balaban J connectivity index is 1.76. The lowest BCUT2D eigenvalue weighted by molar-refractivity contribution is -0.0660. The highest BCUT2D eigenvalue weighted by Crippen LogP contribution is 2.38. The number of amides is 1. The number of aryl methyl sites for hydroxylation is 1. The topological polar surface area (TPSA) is 109 Å². The van der Waals surface area contributed by atoms with Crippen molar-refractivity contribution in [3.05, 3.63) is 41.3 Å². The number of carbonyl (C=O) groups is 2. The van der Waals surface area contributed by atoms with Crippen LogP contribution in [0.3, 0.4) is 0 Å². The Morgan fingerprint density at radius 1 is 1.37 bits per heavy atom. The Bertz CT molecular complexity index is 979. The van der Waals surface area contributed by atoms with Crippen molar-refractivity contribution < 1.29 is 23.8 Å². The van der Waals surface area contributed by atoms with Crippen molar-refractivity contribution in [2.75, 3.05) is 36.9 Å². The normalized spacial score (nSPS) is 21.3. The number of ether oxygens (including phenoxy) is 1. The van der Waals surface area contributed by atoms with Gasteiger partial charge in [-0.1, -0.05) is 6.07 Å². The lowest BCUT2D eigenvalue weighted by Gasteiger charge is -2.46. The van der Waals surface area contributed by atoms with Gasteiger partial charge in [-0.25, -0.2) is 14.2 Å². The number of nitrogens with zero attached hydrogens (tertiary/aromatic N) is 3. The van der Waals surface area contributed by atoms with Gasteiger partial charge in [0, 0.05) is 31.4 Å². The predicted octanol–water partition coefficient (Wildman–Crippen LogP) is 2.55. The van der Waals surface area contributed by atoms with Crippen molar-refractivity contribution in [1.29, 1.82) is 0 Å². The summed E-state index contributed by atoms with van der Waals surface area (Å²) in [6.45, 7) is 3.34. The van der Waals surface area contributed by atoms with E-state index in [2.05, 4.69) is 4.98 Å². The zero-order chi connectivity index (χ0) is 21.4. The summed E-state index contributed by atoms with van der Waals surface area (Å²) in [4.78, 5) is 31.0. The number of piperidine rings is 1. The maximum absolute atomic E-state index is 14.1. The van der Waals surface area contributed by atoms with Crippen LogP contribution in [0.1, 0.15) is 22.3 Å². The fraction of sp³-hybridized carbons (Fsp3) is 0.381. The number of aromatic nitrogens is 1. The van der Waals surface area contributed by atoms with Crippen molar-refractivity contribution in [3.63, 3.8) is 0 Å². The lowest BCUT2D eigenvalue weighted by atomic mass is 9.94. The Morgan fingerprint density at radius 2 is 2.17 bits per heavy atom. The number of pyridine rings is 1. The Morgan fingerprint density at radius 3 is 2.87 bits per heavy atom. The zero-order valence-electron chi connectivity index (χ0n) is 16.5. The number of morpholine rings is 1. The van der Waals surface area contributed by atoms with Gasteiger partial charge >= 0.3 is 6.09 Å². The highest BCUT2D eigenvalue weighted by Gasteiger charge is 2.40. The lowest BCUT2D eigenvalue weighted by Crippen LogP contribution is -2.60. The molecular formula is C21H23FN4O4. The van der Waals surface area contributed by atoms with Crippen LogP contribution in [0.15, 0.2) is 24.4 Å². The van der Waals surface area contributed by atoms with Gasteiger partial charge in [-0.05, 0) is 36.6 Å². The summed E-state index contributed by atoms with van der Waals surface area (Å²) in [5, 5.41) is 9.47. The number of rotatable bonds is 3. The molecule has 158 valence electrons. The number of hydrogen-bond donors (Lipinski definition) is 2. The number of anilines is 2. The fourth-order valence-electron chi connectivity index (χ4n) is 4.42. The zero-order valence-corrected chi connectivity index (χ0v) is 16.5. The van der Waals surface area contributed by atoms with E-state index in [0.29, 0.717) is 55.8 Å². The van der Waals surface area contributed by atoms with Crippen LogP contribution in [0.2, 0.25) is 0 Å². The molecule has 2 fully saturated rings. The number of nitrogens with two attached hydrogens (primary N) is 1. The van der Waals surface area contributed by atoms with Gasteiger partial charge in [-0.3, -0.25) is 4.79 Å². The van der Waals surface area contributed by atoms with Crippen molar-refractivity contribution >= 4 is 23.9 Å². The first-order valence-corrected chi connectivity index (χ1v) is 9.76. The number of halogens is 1. The van der Waals surface area contributed by atoms with E-state index in [1.165, 1.54) is 17.0 Å². The molecule has 0 spiro atoms. The summed E-state index contributed by atoms with van der Waals surface area (Å²) in [5.41, 5.74) is 8.71. The van der Waals surface area contributed by atoms with Crippen LogP contribution in [0, 0.1) is 12.7 Å². The monoisotopic (exact) mass is 414 g/mol. The molecule has 1 amide bonds. The van der Waals surface area contributed by atoms with Crippen LogP contribution in [-0.4, -0.2) is 65.8 Å². The smallest absolute Gasteiger partial charge is 0.407 e. The molecule has 2 saturated heterocycles. The summed E-state index contributed by atoms with van der Waals surface area (Å²) in [6, 6.07) is 4.40. The number of fused-ring (bicyclic) bond motifs is 1. The van der Waals surface area contributed by atoms with Crippen LogP contribution in [0.25, 0.3) is 11.1 Å². The summed E-state index contributed by atoms with van der Waals surface area (Å²) < 4.78 is 19.9. The first-order valence-electron chi connectivity index (χ1n) is 9.76. The van der Waals surface area contributed by atoms with Crippen molar-refractivity contribution in [1.82, 2.24) is 9.88 Å². The van der Waals surface area contributed by atoms with E-state index in [4.69, 9.17) is 10.5 Å². The van der Waals surface area contributed by atoms with E-state index >= 15 is 0 Å². The standard InChI is InChI=1S/C21H23FN4O4/c1-12-6-13(8-14(22)7-12)15-9-24-20(23)16(11-27)19(15)25-3-2-17-18(10-25)30-5-4-26(17)21(28)29/h6-9,11,17-18H,2-5,10H2,1H3,(H2,23,24)(H,28,29)/t17-,18-/m0/s1. The van der Waals surface area contributed by atoms with E-state index in [9.17, 15) is 19.1 Å². The minimum absolute atomic E-state index is 0.0933. The van der Waals surface area contributed by atoms with Crippen molar-refractivity contribution in [2.45, 2.75) is 25.5 Å². The van der Waals surface area contributed by atoms with E-state index in [0.717, 1.165) is 5.56 Å². The molecule has 3 heterocycles. The third-order valence-corrected chi connectivity index (χ3v) is 5.74. The predicted molar refractivity (Wildman–Crippen MR) is 109 cm³/mol. The van der Waals surface area contributed by atoms with Crippen LogP contribution >= 0.6 is 0 Å². The van der Waals surface area contributed by atoms with Gasteiger partial charge in [-0.15, -0.1) is 0 Å². The second-order valence-electron chi connectivity index (χ2n) is 7.64. The van der Waals surface area contributed by atoms with Gasteiger partial charge in [-0.2, -0.15) is 0 Å². The summed E-state index contributed by atoms with van der Waals surface area (Å²) in [7, 11) is 0. The number of nitrogen functional groups attached to an aromatic ring is 1. The molecule has 2 aliphatic heterocycles. The van der Waals surface area contributed by atoms with E-state index in [1.807, 2.05) is 11.0 Å². The average Bonchev–Trinajstić information content (AvgIpc) is 2.71. The third-order valence-electron chi connectivity index (χ3n) is 5.74. The molecule has 0 unspecified atom stereocenters. The second-order valence-corrected chi connectivity index (χ2v) is 7.64. The van der Waals surface area contributed by atoms with Gasteiger partial charge in [0.15, 0.2) is 6.29 Å². The number of carbonyl (C=O) groups excluding carboxylic acids is 1. The molecule has 0 radical (unpaired) electrons. The Kier molecular flexibility index (Phi) is 5.29.